The Bertz CT molecular complexity index is 806. The second kappa shape index (κ2) is 6.76. The molecule has 23 heavy (non-hydrogen) atoms. The van der Waals surface area contributed by atoms with Crippen LogP contribution in [0.4, 0.5) is 0 Å². The number of hydrazone groups is 1. The first-order valence-electron chi connectivity index (χ1n) is 6.35. The Kier molecular flexibility index (Phi) is 4.98. The summed E-state index contributed by atoms with van der Waals surface area (Å²) in [5.41, 5.74) is 2.95. The van der Waals surface area contributed by atoms with Crippen molar-refractivity contribution in [2.24, 2.45) is 5.10 Å². The number of phenols is 3. The summed E-state index contributed by atoms with van der Waals surface area (Å²) in [5.74, 6) is -2.17. The van der Waals surface area contributed by atoms with Gasteiger partial charge >= 0.3 is 0 Å². The van der Waals surface area contributed by atoms with Crippen molar-refractivity contribution < 1.29 is 20.1 Å². The van der Waals surface area contributed by atoms with Crippen molar-refractivity contribution in [2.45, 2.75) is 6.92 Å². The molecule has 0 radical (unpaired) electrons. The third-order valence-electron chi connectivity index (χ3n) is 3.03. The molecule has 0 aliphatic carbocycles. The molecule has 8 heteroatoms. The van der Waals surface area contributed by atoms with E-state index in [-0.39, 0.29) is 21.9 Å². The first-order valence-corrected chi connectivity index (χ1v) is 7.10. The molecule has 2 aromatic rings. The maximum absolute atomic E-state index is 12.0. The lowest BCUT2D eigenvalue weighted by Crippen LogP contribution is -2.19. The predicted octanol–water partition coefficient (Wildman–Crippen LogP) is 3.26. The fourth-order valence-corrected chi connectivity index (χ4v) is 2.06. The molecule has 120 valence electrons. The Balaban J connectivity index is 2.20. The number of benzene rings is 2. The van der Waals surface area contributed by atoms with E-state index in [1.807, 2.05) is 0 Å². The van der Waals surface area contributed by atoms with Gasteiger partial charge in [0.05, 0.1) is 15.8 Å². The monoisotopic (exact) mass is 354 g/mol. The summed E-state index contributed by atoms with van der Waals surface area (Å²) in [4.78, 5) is 12.0. The van der Waals surface area contributed by atoms with Gasteiger partial charge in [0.25, 0.3) is 5.91 Å². The van der Waals surface area contributed by atoms with Gasteiger partial charge in [-0.15, -0.1) is 0 Å². The van der Waals surface area contributed by atoms with Crippen LogP contribution in [0.1, 0.15) is 22.8 Å². The summed E-state index contributed by atoms with van der Waals surface area (Å²) in [6.07, 6.45) is 0. The Morgan fingerprint density at radius 3 is 2.39 bits per heavy atom. The van der Waals surface area contributed by atoms with E-state index in [2.05, 4.69) is 10.5 Å². The van der Waals surface area contributed by atoms with Gasteiger partial charge in [-0.1, -0.05) is 23.2 Å². The molecule has 1 amide bonds. The predicted molar refractivity (Wildman–Crippen MR) is 87.6 cm³/mol. The zero-order valence-electron chi connectivity index (χ0n) is 11.8. The fraction of sp³-hybridized carbons (Fsp3) is 0.0667. The van der Waals surface area contributed by atoms with Crippen LogP contribution >= 0.6 is 23.2 Å². The number of halogens is 2. The van der Waals surface area contributed by atoms with E-state index >= 15 is 0 Å². The first kappa shape index (κ1) is 16.9. The molecule has 0 spiro atoms. The molecule has 0 saturated heterocycles. The van der Waals surface area contributed by atoms with E-state index in [9.17, 15) is 20.1 Å². The van der Waals surface area contributed by atoms with Crippen molar-refractivity contribution in [3.8, 4) is 17.2 Å². The third kappa shape index (κ3) is 3.67. The highest BCUT2D eigenvalue weighted by atomic mass is 35.5. The third-order valence-corrected chi connectivity index (χ3v) is 3.77. The van der Waals surface area contributed by atoms with E-state index in [0.29, 0.717) is 5.02 Å². The molecule has 0 unspecified atom stereocenters. The maximum atomic E-state index is 12.0. The quantitative estimate of drug-likeness (QED) is 0.386. The number of carbonyl (C=O) groups excluding carboxylic acids is 1. The molecule has 0 aromatic heterocycles. The van der Waals surface area contributed by atoms with E-state index in [4.69, 9.17) is 23.2 Å². The molecule has 0 saturated carbocycles. The van der Waals surface area contributed by atoms with Gasteiger partial charge in [-0.05, 0) is 37.3 Å². The van der Waals surface area contributed by atoms with Crippen LogP contribution in [-0.2, 0) is 0 Å². The summed E-state index contributed by atoms with van der Waals surface area (Å²) in [6.45, 7) is 1.51. The average molecular weight is 355 g/mol. The van der Waals surface area contributed by atoms with Gasteiger partial charge < -0.3 is 15.3 Å². The fourth-order valence-electron chi connectivity index (χ4n) is 1.76. The molecule has 0 fully saturated rings. The average Bonchev–Trinajstić information content (AvgIpc) is 2.52. The van der Waals surface area contributed by atoms with Crippen LogP contribution in [0.3, 0.4) is 0 Å². The number of rotatable bonds is 3. The Morgan fingerprint density at radius 2 is 1.74 bits per heavy atom. The minimum atomic E-state index is -0.659. The summed E-state index contributed by atoms with van der Waals surface area (Å²) in [5, 5.41) is 32.9. The molecule has 0 aliphatic heterocycles. The highest BCUT2D eigenvalue weighted by molar-refractivity contribution is 6.42. The van der Waals surface area contributed by atoms with Crippen LogP contribution < -0.4 is 5.43 Å². The first-order chi connectivity index (χ1) is 10.8. The van der Waals surface area contributed by atoms with Gasteiger partial charge in [-0.2, -0.15) is 5.10 Å². The Morgan fingerprint density at radius 1 is 1.04 bits per heavy atom. The number of aromatic hydroxyl groups is 3. The molecular formula is C15H12Cl2N2O4. The standard InChI is InChI=1S/C15H12Cl2N2O4/c1-7(9-3-5-12(20)14(22)13(9)21)18-19-15(23)8-2-4-10(16)11(17)6-8/h2-6,20-22H,1H3,(H,19,23)/b18-7+. The van der Waals surface area contributed by atoms with Crippen LogP contribution in [-0.4, -0.2) is 26.9 Å². The van der Waals surface area contributed by atoms with Gasteiger partial charge in [0.1, 0.15) is 0 Å². The smallest absolute Gasteiger partial charge is 0.271 e. The number of hydrogen-bond acceptors (Lipinski definition) is 5. The normalized spacial score (nSPS) is 11.3. The number of amides is 1. The summed E-state index contributed by atoms with van der Waals surface area (Å²) >= 11 is 11.6. The molecule has 0 atom stereocenters. The maximum Gasteiger partial charge on any atom is 0.271 e. The Labute approximate surface area is 141 Å². The highest BCUT2D eigenvalue weighted by Gasteiger charge is 2.14. The molecule has 6 nitrogen and oxygen atoms in total. The van der Waals surface area contributed by atoms with E-state index in [0.717, 1.165) is 0 Å². The number of hydrogen-bond donors (Lipinski definition) is 4. The van der Waals surface area contributed by atoms with Crippen LogP contribution in [0.5, 0.6) is 17.2 Å². The van der Waals surface area contributed by atoms with Gasteiger partial charge in [-0.25, -0.2) is 5.43 Å². The van der Waals surface area contributed by atoms with Crippen LogP contribution in [0.25, 0.3) is 0 Å². The lowest BCUT2D eigenvalue weighted by Gasteiger charge is -2.08. The van der Waals surface area contributed by atoms with Crippen molar-refractivity contribution >= 4 is 34.8 Å². The second-order valence-corrected chi connectivity index (χ2v) is 5.41. The molecule has 2 aromatic carbocycles. The SMILES string of the molecule is C/C(=N\NC(=O)c1ccc(Cl)c(Cl)c1)c1ccc(O)c(O)c1O. The number of carbonyl (C=O) groups is 1. The van der Waals surface area contributed by atoms with E-state index < -0.39 is 23.2 Å². The molecule has 0 bridgehead atoms. The second-order valence-electron chi connectivity index (χ2n) is 4.60. The minimum absolute atomic E-state index is 0.162. The van der Waals surface area contributed by atoms with Crippen molar-refractivity contribution in [1.29, 1.82) is 0 Å². The molecule has 0 heterocycles. The number of phenolic OH excluding ortho intramolecular Hbond substituents is 3. The van der Waals surface area contributed by atoms with Crippen LogP contribution in [0.15, 0.2) is 35.4 Å². The number of nitrogens with zero attached hydrogens (tertiary/aromatic N) is 1. The van der Waals surface area contributed by atoms with Crippen molar-refractivity contribution in [3.63, 3.8) is 0 Å². The Hall–Kier alpha value is -2.44. The van der Waals surface area contributed by atoms with Crippen LogP contribution in [0.2, 0.25) is 10.0 Å². The van der Waals surface area contributed by atoms with Crippen molar-refractivity contribution in [3.05, 3.63) is 51.5 Å². The van der Waals surface area contributed by atoms with Crippen molar-refractivity contribution in [1.82, 2.24) is 5.43 Å². The summed E-state index contributed by atoms with van der Waals surface area (Å²) < 4.78 is 0. The van der Waals surface area contributed by atoms with E-state index in [1.165, 1.54) is 37.3 Å². The van der Waals surface area contributed by atoms with Crippen LogP contribution in [0, 0.1) is 0 Å². The van der Waals surface area contributed by atoms with Crippen molar-refractivity contribution in [2.75, 3.05) is 0 Å². The summed E-state index contributed by atoms with van der Waals surface area (Å²) in [6, 6.07) is 6.92. The summed E-state index contributed by atoms with van der Waals surface area (Å²) in [7, 11) is 0. The molecule has 0 aliphatic rings. The lowest BCUT2D eigenvalue weighted by atomic mass is 10.1. The van der Waals surface area contributed by atoms with E-state index in [1.54, 1.807) is 0 Å². The molecule has 2 rings (SSSR count). The van der Waals surface area contributed by atoms with Gasteiger partial charge in [0.15, 0.2) is 11.5 Å². The van der Waals surface area contributed by atoms with Gasteiger partial charge in [-0.3, -0.25) is 4.79 Å². The zero-order valence-corrected chi connectivity index (χ0v) is 13.4. The van der Waals surface area contributed by atoms with Gasteiger partial charge in [0, 0.05) is 11.1 Å². The lowest BCUT2D eigenvalue weighted by molar-refractivity contribution is 0.0955. The molecule has 4 N–H and O–H groups in total. The molecular weight excluding hydrogens is 343 g/mol. The zero-order chi connectivity index (χ0) is 17.1. The number of nitrogens with one attached hydrogen (secondary N) is 1. The van der Waals surface area contributed by atoms with Gasteiger partial charge in [0.2, 0.25) is 5.75 Å². The largest absolute Gasteiger partial charge is 0.504 e. The minimum Gasteiger partial charge on any atom is -0.504 e. The topological polar surface area (TPSA) is 102 Å². The highest BCUT2D eigenvalue weighted by Crippen LogP contribution is 2.37.